The number of aldehydes is 1. The van der Waals surface area contributed by atoms with Gasteiger partial charge >= 0.3 is 0 Å². The molecule has 0 saturated carbocycles. The van der Waals surface area contributed by atoms with E-state index in [-0.39, 0.29) is 0 Å². The van der Waals surface area contributed by atoms with E-state index in [0.29, 0.717) is 5.56 Å². The highest BCUT2D eigenvalue weighted by Gasteiger charge is 2.04. The van der Waals surface area contributed by atoms with Crippen molar-refractivity contribution >= 4 is 6.29 Å². The molecule has 0 bridgehead atoms. The fourth-order valence-electron chi connectivity index (χ4n) is 1.62. The third-order valence-corrected chi connectivity index (χ3v) is 2.43. The van der Waals surface area contributed by atoms with Gasteiger partial charge in [0.1, 0.15) is 0 Å². The zero-order valence-corrected chi connectivity index (χ0v) is 8.68. The molecule has 1 nitrogen and oxygen atoms in total. The average Bonchev–Trinajstić information content (AvgIpc) is 2.39. The molecule has 0 saturated heterocycles. The van der Waals surface area contributed by atoms with Gasteiger partial charge in [-0.1, -0.05) is 36.3 Å². The Kier molecular flexibility index (Phi) is 2.84. The van der Waals surface area contributed by atoms with Gasteiger partial charge in [0.15, 0.2) is 6.29 Å². The summed E-state index contributed by atoms with van der Waals surface area (Å²) in [7, 11) is 0. The zero-order chi connectivity index (χ0) is 11.4. The lowest BCUT2D eigenvalue weighted by Crippen LogP contribution is -1.88. The van der Waals surface area contributed by atoms with E-state index in [0.717, 1.165) is 23.0 Å². The summed E-state index contributed by atoms with van der Waals surface area (Å²) >= 11 is 0. The standard InChI is InChI=1S/C15H10O/c1-2-12-8-9-14(11-16)15(10-12)13-6-4-3-5-7-13/h1,3-11H. The summed E-state index contributed by atoms with van der Waals surface area (Å²) < 4.78 is 0. The van der Waals surface area contributed by atoms with Crippen LogP contribution in [-0.4, -0.2) is 6.29 Å². The van der Waals surface area contributed by atoms with Crippen molar-refractivity contribution in [2.24, 2.45) is 0 Å². The van der Waals surface area contributed by atoms with E-state index in [1.54, 1.807) is 12.1 Å². The van der Waals surface area contributed by atoms with Gasteiger partial charge in [0, 0.05) is 11.1 Å². The Morgan fingerprint density at radius 2 is 1.81 bits per heavy atom. The molecule has 0 heterocycles. The molecule has 0 unspecified atom stereocenters. The maximum atomic E-state index is 10.9. The predicted molar refractivity (Wildman–Crippen MR) is 65.2 cm³/mol. The van der Waals surface area contributed by atoms with Crippen LogP contribution in [0.3, 0.4) is 0 Å². The lowest BCUT2D eigenvalue weighted by molar-refractivity contribution is 0.112. The summed E-state index contributed by atoms with van der Waals surface area (Å²) in [6.07, 6.45) is 6.20. The Morgan fingerprint density at radius 1 is 1.06 bits per heavy atom. The van der Waals surface area contributed by atoms with Crippen molar-refractivity contribution in [2.45, 2.75) is 0 Å². The highest BCUT2D eigenvalue weighted by Crippen LogP contribution is 2.23. The fourth-order valence-corrected chi connectivity index (χ4v) is 1.62. The van der Waals surface area contributed by atoms with Crippen molar-refractivity contribution in [3.05, 3.63) is 59.7 Å². The molecule has 2 aromatic carbocycles. The monoisotopic (exact) mass is 206 g/mol. The number of benzene rings is 2. The van der Waals surface area contributed by atoms with Crippen LogP contribution in [0.2, 0.25) is 0 Å². The second kappa shape index (κ2) is 4.46. The Balaban J connectivity index is 2.63. The molecule has 0 N–H and O–H groups in total. The molecule has 0 amide bonds. The molecule has 0 aliphatic rings. The van der Waals surface area contributed by atoms with Crippen molar-refractivity contribution in [3.63, 3.8) is 0 Å². The van der Waals surface area contributed by atoms with E-state index in [1.165, 1.54) is 0 Å². The number of rotatable bonds is 2. The molecular weight excluding hydrogens is 196 g/mol. The van der Waals surface area contributed by atoms with E-state index in [1.807, 2.05) is 36.4 Å². The summed E-state index contributed by atoms with van der Waals surface area (Å²) in [5.74, 6) is 2.57. The lowest BCUT2D eigenvalue weighted by Gasteiger charge is -2.05. The van der Waals surface area contributed by atoms with E-state index < -0.39 is 0 Å². The molecule has 1 heteroatoms. The molecule has 0 aliphatic carbocycles. The molecule has 0 aliphatic heterocycles. The first-order valence-corrected chi connectivity index (χ1v) is 4.96. The summed E-state index contributed by atoms with van der Waals surface area (Å²) in [6.45, 7) is 0. The van der Waals surface area contributed by atoms with Crippen LogP contribution in [0.5, 0.6) is 0 Å². The quantitative estimate of drug-likeness (QED) is 0.545. The fraction of sp³-hybridized carbons (Fsp3) is 0. The van der Waals surface area contributed by atoms with Crippen LogP contribution in [0.25, 0.3) is 11.1 Å². The summed E-state index contributed by atoms with van der Waals surface area (Å²) in [5, 5.41) is 0. The van der Waals surface area contributed by atoms with Crippen LogP contribution >= 0.6 is 0 Å². The van der Waals surface area contributed by atoms with Gasteiger partial charge in [-0.25, -0.2) is 0 Å². The van der Waals surface area contributed by atoms with Crippen LogP contribution in [0.4, 0.5) is 0 Å². The van der Waals surface area contributed by atoms with Crippen LogP contribution in [0, 0.1) is 12.3 Å². The maximum absolute atomic E-state index is 10.9. The highest BCUT2D eigenvalue weighted by atomic mass is 16.1. The summed E-state index contributed by atoms with van der Waals surface area (Å²) in [4.78, 5) is 10.9. The van der Waals surface area contributed by atoms with Crippen molar-refractivity contribution in [3.8, 4) is 23.5 Å². The van der Waals surface area contributed by atoms with Crippen molar-refractivity contribution in [1.82, 2.24) is 0 Å². The van der Waals surface area contributed by atoms with Crippen molar-refractivity contribution in [1.29, 1.82) is 0 Å². The predicted octanol–water partition coefficient (Wildman–Crippen LogP) is 3.15. The summed E-state index contributed by atoms with van der Waals surface area (Å²) in [5.41, 5.74) is 3.32. The lowest BCUT2D eigenvalue weighted by atomic mass is 9.98. The second-order valence-electron chi connectivity index (χ2n) is 3.43. The largest absolute Gasteiger partial charge is 0.298 e. The summed E-state index contributed by atoms with van der Waals surface area (Å²) in [6, 6.07) is 15.1. The van der Waals surface area contributed by atoms with E-state index in [9.17, 15) is 4.79 Å². The topological polar surface area (TPSA) is 17.1 Å². The second-order valence-corrected chi connectivity index (χ2v) is 3.43. The molecule has 0 radical (unpaired) electrons. The maximum Gasteiger partial charge on any atom is 0.150 e. The van der Waals surface area contributed by atoms with Gasteiger partial charge in [0.25, 0.3) is 0 Å². The van der Waals surface area contributed by atoms with Gasteiger partial charge in [-0.05, 0) is 29.3 Å². The zero-order valence-electron chi connectivity index (χ0n) is 8.68. The van der Waals surface area contributed by atoms with Gasteiger partial charge in [0.2, 0.25) is 0 Å². The van der Waals surface area contributed by atoms with Gasteiger partial charge in [0.05, 0.1) is 0 Å². The number of hydrogen-bond donors (Lipinski definition) is 0. The Labute approximate surface area is 94.7 Å². The van der Waals surface area contributed by atoms with Crippen LogP contribution < -0.4 is 0 Å². The number of carbonyl (C=O) groups excluding carboxylic acids is 1. The van der Waals surface area contributed by atoms with E-state index in [4.69, 9.17) is 6.42 Å². The first-order valence-electron chi connectivity index (χ1n) is 4.96. The molecule has 76 valence electrons. The molecule has 0 fully saturated rings. The van der Waals surface area contributed by atoms with Gasteiger partial charge in [-0.2, -0.15) is 0 Å². The van der Waals surface area contributed by atoms with E-state index in [2.05, 4.69) is 5.92 Å². The van der Waals surface area contributed by atoms with Crippen molar-refractivity contribution in [2.75, 3.05) is 0 Å². The van der Waals surface area contributed by atoms with Crippen molar-refractivity contribution < 1.29 is 4.79 Å². The number of terminal acetylenes is 1. The van der Waals surface area contributed by atoms with E-state index >= 15 is 0 Å². The molecule has 0 spiro atoms. The Morgan fingerprint density at radius 3 is 2.44 bits per heavy atom. The number of hydrogen-bond acceptors (Lipinski definition) is 1. The number of carbonyl (C=O) groups is 1. The minimum atomic E-state index is 0.658. The Bertz CT molecular complexity index is 547. The SMILES string of the molecule is C#Cc1ccc(C=O)c(-c2ccccc2)c1. The minimum Gasteiger partial charge on any atom is -0.298 e. The third kappa shape index (κ3) is 1.87. The molecule has 0 atom stereocenters. The third-order valence-electron chi connectivity index (χ3n) is 2.43. The van der Waals surface area contributed by atoms with Crippen LogP contribution in [0.15, 0.2) is 48.5 Å². The molecule has 2 aromatic rings. The first kappa shape index (κ1) is 10.2. The average molecular weight is 206 g/mol. The van der Waals surface area contributed by atoms with Gasteiger partial charge in [-0.15, -0.1) is 6.42 Å². The molecule has 0 aromatic heterocycles. The Hall–Kier alpha value is -2.33. The smallest absolute Gasteiger partial charge is 0.150 e. The molecular formula is C15H10O. The molecule has 16 heavy (non-hydrogen) atoms. The molecule has 2 rings (SSSR count). The van der Waals surface area contributed by atoms with Crippen LogP contribution in [-0.2, 0) is 0 Å². The van der Waals surface area contributed by atoms with Gasteiger partial charge in [-0.3, -0.25) is 4.79 Å². The first-order chi connectivity index (χ1) is 7.85. The van der Waals surface area contributed by atoms with Crippen LogP contribution in [0.1, 0.15) is 15.9 Å². The van der Waals surface area contributed by atoms with Gasteiger partial charge < -0.3 is 0 Å². The highest BCUT2D eigenvalue weighted by molar-refractivity contribution is 5.88. The normalized spacial score (nSPS) is 9.44. The minimum absolute atomic E-state index is 0.658.